The lowest BCUT2D eigenvalue weighted by molar-refractivity contribution is -0.117. The van der Waals surface area contributed by atoms with Crippen LogP contribution in [0.15, 0.2) is 28.8 Å². The summed E-state index contributed by atoms with van der Waals surface area (Å²) in [5.41, 5.74) is 6.45. The molecule has 0 radical (unpaired) electrons. The highest BCUT2D eigenvalue weighted by atomic mass is 35.5. The first kappa shape index (κ1) is 16.8. The number of hydrogen-bond acceptors (Lipinski definition) is 4. The van der Waals surface area contributed by atoms with E-state index in [1.807, 2.05) is 13.8 Å². The fourth-order valence-electron chi connectivity index (χ4n) is 1.47. The Morgan fingerprint density at radius 3 is 2.65 bits per heavy atom. The van der Waals surface area contributed by atoms with Gasteiger partial charge in [-0.1, -0.05) is 31.5 Å². The minimum absolute atomic E-state index is 0.0103. The van der Waals surface area contributed by atoms with Gasteiger partial charge in [-0.05, 0) is 30.0 Å². The molecule has 7 heteroatoms. The van der Waals surface area contributed by atoms with Gasteiger partial charge in [-0.2, -0.15) is 0 Å². The van der Waals surface area contributed by atoms with Gasteiger partial charge in [0.1, 0.15) is 10.7 Å². The molecular weight excluding hydrogens is 301 g/mol. The van der Waals surface area contributed by atoms with Crippen LogP contribution in [0.2, 0.25) is 5.02 Å². The van der Waals surface area contributed by atoms with Crippen molar-refractivity contribution in [3.8, 4) is 0 Å². The number of hydrogen-bond donors (Lipinski definition) is 3. The number of rotatable bonds is 5. The van der Waals surface area contributed by atoms with E-state index < -0.39 is 11.7 Å². The zero-order valence-corrected chi connectivity index (χ0v) is 12.8. The molecule has 0 aliphatic rings. The maximum Gasteiger partial charge on any atom is 0.261 e. The van der Waals surface area contributed by atoms with Crippen molar-refractivity contribution in [1.29, 1.82) is 0 Å². The fourth-order valence-corrected chi connectivity index (χ4v) is 2.25. The molecule has 0 bridgehead atoms. The Labute approximate surface area is 126 Å². The molecule has 0 spiro atoms. The minimum atomic E-state index is -0.472. The average Bonchev–Trinajstić information content (AvgIpc) is 2.38. The summed E-state index contributed by atoms with van der Waals surface area (Å²) < 4.78 is 13.6. The molecule has 4 nitrogen and oxygen atoms in total. The summed E-state index contributed by atoms with van der Waals surface area (Å²) in [6, 6.07) is 4.34. The molecule has 5 N–H and O–H groups in total. The molecule has 0 fully saturated rings. The van der Waals surface area contributed by atoms with E-state index in [4.69, 9.17) is 22.5 Å². The van der Waals surface area contributed by atoms with E-state index in [1.54, 1.807) is 6.07 Å². The van der Waals surface area contributed by atoms with Gasteiger partial charge in [-0.25, -0.2) is 4.39 Å². The Balaban J connectivity index is 2.84. The quantitative estimate of drug-likeness (QED) is 0.576. The molecule has 1 aromatic rings. The SMILES string of the molecule is CC(C)/C(N)=C(/SN)C(=O)NCc1c(F)cccc1Cl. The van der Waals surface area contributed by atoms with E-state index in [0.717, 1.165) is 11.9 Å². The van der Waals surface area contributed by atoms with Crippen molar-refractivity contribution in [3.63, 3.8) is 0 Å². The summed E-state index contributed by atoms with van der Waals surface area (Å²) in [5.74, 6) is -0.924. The highest BCUT2D eigenvalue weighted by Gasteiger charge is 2.16. The molecule has 1 aromatic carbocycles. The van der Waals surface area contributed by atoms with Gasteiger partial charge in [0.05, 0.1) is 0 Å². The van der Waals surface area contributed by atoms with Crippen molar-refractivity contribution in [2.24, 2.45) is 16.8 Å². The van der Waals surface area contributed by atoms with Gasteiger partial charge in [-0.15, -0.1) is 0 Å². The number of amides is 1. The summed E-state index contributed by atoms with van der Waals surface area (Å²) in [6.45, 7) is 3.68. The molecule has 0 aromatic heterocycles. The Bertz CT molecular complexity index is 514. The topological polar surface area (TPSA) is 81.1 Å². The summed E-state index contributed by atoms with van der Waals surface area (Å²) >= 11 is 6.66. The number of allylic oxidation sites excluding steroid dienone is 1. The molecule has 0 heterocycles. The maximum atomic E-state index is 13.6. The fraction of sp³-hybridized carbons (Fsp3) is 0.308. The summed E-state index contributed by atoms with van der Waals surface area (Å²) in [6.07, 6.45) is 0. The van der Waals surface area contributed by atoms with Gasteiger partial charge in [0.2, 0.25) is 0 Å². The summed E-state index contributed by atoms with van der Waals surface area (Å²) in [4.78, 5) is 12.2. The van der Waals surface area contributed by atoms with Gasteiger partial charge in [0.15, 0.2) is 0 Å². The second-order valence-electron chi connectivity index (χ2n) is 4.44. The van der Waals surface area contributed by atoms with E-state index in [9.17, 15) is 9.18 Å². The lowest BCUT2D eigenvalue weighted by Crippen LogP contribution is -2.27. The maximum absolute atomic E-state index is 13.6. The number of carbonyl (C=O) groups excluding carboxylic acids is 1. The van der Waals surface area contributed by atoms with Crippen LogP contribution >= 0.6 is 23.5 Å². The first-order chi connectivity index (χ1) is 9.38. The number of carbonyl (C=O) groups is 1. The molecule has 1 rings (SSSR count). The smallest absolute Gasteiger partial charge is 0.261 e. The van der Waals surface area contributed by atoms with Crippen molar-refractivity contribution in [2.45, 2.75) is 20.4 Å². The van der Waals surface area contributed by atoms with Crippen LogP contribution in [-0.2, 0) is 11.3 Å². The standard InChI is InChI=1S/C13H17ClFN3OS/c1-7(2)11(16)12(20-17)13(19)18-6-8-9(14)4-3-5-10(8)15/h3-5,7H,6,16-17H2,1-2H3,(H,18,19)/b12-11-. The third-order valence-corrected chi connectivity index (χ3v) is 3.71. The molecule has 0 atom stereocenters. The van der Waals surface area contributed by atoms with Gasteiger partial charge >= 0.3 is 0 Å². The predicted octanol–water partition coefficient (Wildman–Crippen LogP) is 2.53. The highest BCUT2D eigenvalue weighted by Crippen LogP contribution is 2.20. The van der Waals surface area contributed by atoms with Crippen LogP contribution in [0.4, 0.5) is 4.39 Å². The van der Waals surface area contributed by atoms with Crippen molar-refractivity contribution in [3.05, 3.63) is 45.2 Å². The lowest BCUT2D eigenvalue weighted by atomic mass is 10.1. The minimum Gasteiger partial charge on any atom is -0.401 e. The van der Waals surface area contributed by atoms with Crippen molar-refractivity contribution in [2.75, 3.05) is 0 Å². The summed E-state index contributed by atoms with van der Waals surface area (Å²) in [7, 11) is 0. The van der Waals surface area contributed by atoms with Crippen LogP contribution in [0, 0.1) is 11.7 Å². The number of benzene rings is 1. The number of nitrogens with two attached hydrogens (primary N) is 2. The Kier molecular flexibility index (Phi) is 6.32. The molecule has 0 unspecified atom stereocenters. The average molecular weight is 318 g/mol. The molecule has 20 heavy (non-hydrogen) atoms. The zero-order valence-electron chi connectivity index (χ0n) is 11.2. The molecule has 0 saturated carbocycles. The van der Waals surface area contributed by atoms with Crippen molar-refractivity contribution < 1.29 is 9.18 Å². The molecular formula is C13H17ClFN3OS. The van der Waals surface area contributed by atoms with Gasteiger partial charge < -0.3 is 11.1 Å². The van der Waals surface area contributed by atoms with Crippen LogP contribution in [0.5, 0.6) is 0 Å². The third-order valence-electron chi connectivity index (χ3n) is 2.70. The van der Waals surface area contributed by atoms with Crippen molar-refractivity contribution >= 4 is 29.5 Å². The monoisotopic (exact) mass is 317 g/mol. The third kappa shape index (κ3) is 4.13. The first-order valence-corrected chi connectivity index (χ1v) is 7.21. The van der Waals surface area contributed by atoms with E-state index >= 15 is 0 Å². The van der Waals surface area contributed by atoms with Crippen LogP contribution in [0.1, 0.15) is 19.4 Å². The zero-order chi connectivity index (χ0) is 15.3. The number of halogens is 2. The Hall–Kier alpha value is -1.24. The normalized spacial score (nSPS) is 12.3. The second kappa shape index (κ2) is 7.52. The highest BCUT2D eigenvalue weighted by molar-refractivity contribution is 8.01. The van der Waals surface area contributed by atoms with E-state index in [0.29, 0.717) is 5.70 Å². The number of nitrogens with one attached hydrogen (secondary N) is 1. The second-order valence-corrected chi connectivity index (χ2v) is 5.49. The lowest BCUT2D eigenvalue weighted by Gasteiger charge is -2.13. The molecule has 0 aliphatic carbocycles. The van der Waals surface area contributed by atoms with Gasteiger partial charge in [0, 0.05) is 22.8 Å². The van der Waals surface area contributed by atoms with Crippen LogP contribution < -0.4 is 16.2 Å². The molecule has 110 valence electrons. The van der Waals surface area contributed by atoms with E-state index in [2.05, 4.69) is 5.32 Å². The summed E-state index contributed by atoms with van der Waals surface area (Å²) in [5, 5.41) is 8.28. The Morgan fingerprint density at radius 1 is 1.50 bits per heavy atom. The van der Waals surface area contributed by atoms with E-state index in [-0.39, 0.29) is 28.0 Å². The van der Waals surface area contributed by atoms with Crippen LogP contribution in [0.25, 0.3) is 0 Å². The largest absolute Gasteiger partial charge is 0.401 e. The molecule has 0 aliphatic heterocycles. The Morgan fingerprint density at radius 2 is 2.15 bits per heavy atom. The molecule has 0 saturated heterocycles. The first-order valence-electron chi connectivity index (χ1n) is 5.96. The van der Waals surface area contributed by atoms with Crippen LogP contribution in [0.3, 0.4) is 0 Å². The van der Waals surface area contributed by atoms with E-state index in [1.165, 1.54) is 12.1 Å². The van der Waals surface area contributed by atoms with Gasteiger partial charge in [0.25, 0.3) is 5.91 Å². The van der Waals surface area contributed by atoms with Crippen molar-refractivity contribution in [1.82, 2.24) is 5.32 Å². The predicted molar refractivity (Wildman–Crippen MR) is 81.1 cm³/mol. The molecule has 1 amide bonds. The van der Waals surface area contributed by atoms with Gasteiger partial charge in [-0.3, -0.25) is 9.93 Å². The van der Waals surface area contributed by atoms with Crippen LogP contribution in [-0.4, -0.2) is 5.91 Å².